The summed E-state index contributed by atoms with van der Waals surface area (Å²) >= 11 is 0. The van der Waals surface area contributed by atoms with Gasteiger partial charge in [-0.25, -0.2) is 0 Å². The van der Waals surface area contributed by atoms with Gasteiger partial charge in [-0.1, -0.05) is 0 Å². The van der Waals surface area contributed by atoms with Crippen molar-refractivity contribution in [3.8, 4) is 0 Å². The van der Waals surface area contributed by atoms with Crippen LogP contribution in [0.1, 0.15) is 26.7 Å². The lowest BCUT2D eigenvalue weighted by Crippen LogP contribution is -2.38. The molecule has 0 amide bonds. The summed E-state index contributed by atoms with van der Waals surface area (Å²) in [6, 6.07) is 4.02. The summed E-state index contributed by atoms with van der Waals surface area (Å²) in [5, 5.41) is 6.46. The zero-order valence-corrected chi connectivity index (χ0v) is 15.7. The Morgan fingerprint density at radius 2 is 1.95 bits per heavy atom. The Balaban J connectivity index is 0.00000441. The van der Waals surface area contributed by atoms with Gasteiger partial charge in [-0.3, -0.25) is 9.79 Å². The molecule has 0 atom stereocenters. The molecule has 7 heteroatoms. The molecule has 0 aliphatic carbocycles. The molecular formula is C15H27IN4O2. The Kier molecular flexibility index (Phi) is 12.7. The maximum atomic E-state index is 11.2. The first-order valence-corrected chi connectivity index (χ1v) is 7.54. The Labute approximate surface area is 149 Å². The van der Waals surface area contributed by atoms with Crippen LogP contribution in [0.4, 0.5) is 0 Å². The molecule has 1 heterocycles. The minimum atomic E-state index is -0.154. The monoisotopic (exact) mass is 422 g/mol. The number of halogens is 1. The van der Waals surface area contributed by atoms with E-state index in [1.807, 2.05) is 38.4 Å². The standard InChI is InChI=1S/C15H26N4O2.HI/c1-3-16-15(17-9-7-8-14(20)21-4-2)18-10-13-19-11-5-6-12-19;/h5-6,11-12H,3-4,7-10,13H2,1-2H3,(H2,16,17,18);1H. The van der Waals surface area contributed by atoms with Crippen molar-refractivity contribution in [2.75, 3.05) is 26.2 Å². The number of aliphatic imine (C=N–C) groups is 1. The summed E-state index contributed by atoms with van der Waals surface area (Å²) in [5.41, 5.74) is 0. The maximum absolute atomic E-state index is 11.2. The minimum absolute atomic E-state index is 0. The van der Waals surface area contributed by atoms with Gasteiger partial charge in [0.1, 0.15) is 0 Å². The number of nitrogens with zero attached hydrogens (tertiary/aromatic N) is 2. The van der Waals surface area contributed by atoms with Crippen molar-refractivity contribution < 1.29 is 9.53 Å². The number of aromatic nitrogens is 1. The van der Waals surface area contributed by atoms with Crippen LogP contribution in [-0.2, 0) is 16.1 Å². The van der Waals surface area contributed by atoms with Crippen molar-refractivity contribution in [3.63, 3.8) is 0 Å². The zero-order chi connectivity index (χ0) is 15.3. The molecule has 0 spiro atoms. The first-order valence-electron chi connectivity index (χ1n) is 7.54. The van der Waals surface area contributed by atoms with E-state index in [1.165, 1.54) is 0 Å². The topological polar surface area (TPSA) is 67.7 Å². The lowest BCUT2D eigenvalue weighted by molar-refractivity contribution is -0.143. The van der Waals surface area contributed by atoms with Gasteiger partial charge < -0.3 is 19.9 Å². The second-order valence-electron chi connectivity index (χ2n) is 4.52. The van der Waals surface area contributed by atoms with E-state index in [0.29, 0.717) is 26.0 Å². The summed E-state index contributed by atoms with van der Waals surface area (Å²) in [7, 11) is 0. The summed E-state index contributed by atoms with van der Waals surface area (Å²) in [6.45, 7) is 7.39. The highest BCUT2D eigenvalue weighted by molar-refractivity contribution is 14.0. The molecular weight excluding hydrogens is 395 g/mol. The van der Waals surface area contributed by atoms with Crippen LogP contribution in [0.15, 0.2) is 29.5 Å². The fraction of sp³-hybridized carbons (Fsp3) is 0.600. The van der Waals surface area contributed by atoms with Crippen LogP contribution in [0.2, 0.25) is 0 Å². The number of nitrogens with one attached hydrogen (secondary N) is 2. The third-order valence-electron chi connectivity index (χ3n) is 2.79. The number of carbonyl (C=O) groups is 1. The molecule has 1 rings (SSSR count). The van der Waals surface area contributed by atoms with E-state index in [9.17, 15) is 4.79 Å². The molecule has 1 aromatic heterocycles. The molecule has 0 saturated carbocycles. The van der Waals surface area contributed by atoms with Crippen molar-refractivity contribution in [1.82, 2.24) is 15.2 Å². The van der Waals surface area contributed by atoms with E-state index < -0.39 is 0 Å². The van der Waals surface area contributed by atoms with E-state index in [2.05, 4.69) is 20.2 Å². The number of guanidine groups is 1. The fourth-order valence-corrected chi connectivity index (χ4v) is 1.81. The smallest absolute Gasteiger partial charge is 0.305 e. The third-order valence-corrected chi connectivity index (χ3v) is 2.79. The van der Waals surface area contributed by atoms with Crippen molar-refractivity contribution in [2.24, 2.45) is 4.99 Å². The normalized spacial score (nSPS) is 10.7. The van der Waals surface area contributed by atoms with E-state index >= 15 is 0 Å². The first-order chi connectivity index (χ1) is 10.3. The van der Waals surface area contributed by atoms with Crippen LogP contribution in [0.3, 0.4) is 0 Å². The van der Waals surface area contributed by atoms with Gasteiger partial charge in [0.25, 0.3) is 0 Å². The molecule has 0 aliphatic rings. The van der Waals surface area contributed by atoms with Crippen LogP contribution in [0.25, 0.3) is 0 Å². The van der Waals surface area contributed by atoms with Gasteiger partial charge in [0.2, 0.25) is 0 Å². The number of rotatable bonds is 9. The molecule has 0 aromatic carbocycles. The van der Waals surface area contributed by atoms with Crippen LogP contribution >= 0.6 is 24.0 Å². The molecule has 6 nitrogen and oxygen atoms in total. The molecule has 22 heavy (non-hydrogen) atoms. The molecule has 0 fully saturated rings. The van der Waals surface area contributed by atoms with Crippen LogP contribution in [0, 0.1) is 0 Å². The Bertz CT molecular complexity index is 421. The molecule has 1 aromatic rings. The molecule has 0 unspecified atom stereocenters. The number of hydrogen-bond acceptors (Lipinski definition) is 3. The van der Waals surface area contributed by atoms with Gasteiger partial charge in [-0.2, -0.15) is 0 Å². The van der Waals surface area contributed by atoms with Crippen molar-refractivity contribution in [1.29, 1.82) is 0 Å². The Morgan fingerprint density at radius 3 is 2.59 bits per heavy atom. The summed E-state index contributed by atoms with van der Waals surface area (Å²) in [4.78, 5) is 15.7. The second kappa shape index (κ2) is 13.4. The van der Waals surface area contributed by atoms with E-state index in [0.717, 1.165) is 25.6 Å². The van der Waals surface area contributed by atoms with Crippen molar-refractivity contribution >= 4 is 35.9 Å². The third kappa shape index (κ3) is 9.64. The quantitative estimate of drug-likeness (QED) is 0.210. The highest BCUT2D eigenvalue weighted by Crippen LogP contribution is 1.93. The largest absolute Gasteiger partial charge is 0.466 e. The predicted molar refractivity (Wildman–Crippen MR) is 99.7 cm³/mol. The Hall–Kier alpha value is -1.25. The molecule has 0 saturated heterocycles. The van der Waals surface area contributed by atoms with Gasteiger partial charge in [-0.15, -0.1) is 24.0 Å². The Morgan fingerprint density at radius 1 is 1.23 bits per heavy atom. The highest BCUT2D eigenvalue weighted by Gasteiger charge is 2.01. The maximum Gasteiger partial charge on any atom is 0.305 e. The average Bonchev–Trinajstić information content (AvgIpc) is 2.97. The molecule has 0 radical (unpaired) electrons. The van der Waals surface area contributed by atoms with Gasteiger partial charge in [-0.05, 0) is 32.4 Å². The number of carbonyl (C=O) groups excluding carboxylic acids is 1. The van der Waals surface area contributed by atoms with Gasteiger partial charge >= 0.3 is 5.97 Å². The second-order valence-corrected chi connectivity index (χ2v) is 4.52. The van der Waals surface area contributed by atoms with Crippen molar-refractivity contribution in [3.05, 3.63) is 24.5 Å². The lowest BCUT2D eigenvalue weighted by atomic mass is 10.3. The first kappa shape index (κ1) is 20.8. The minimum Gasteiger partial charge on any atom is -0.466 e. The van der Waals surface area contributed by atoms with Gasteiger partial charge in [0.05, 0.1) is 6.61 Å². The highest BCUT2D eigenvalue weighted by atomic mass is 127. The molecule has 126 valence electrons. The number of hydrogen-bond donors (Lipinski definition) is 2. The fourth-order valence-electron chi connectivity index (χ4n) is 1.81. The summed E-state index contributed by atoms with van der Waals surface area (Å²) in [5.74, 6) is 0.631. The lowest BCUT2D eigenvalue weighted by Gasteiger charge is -2.11. The van der Waals surface area contributed by atoms with E-state index in [4.69, 9.17) is 4.74 Å². The average molecular weight is 422 g/mol. The van der Waals surface area contributed by atoms with Crippen LogP contribution in [-0.4, -0.2) is 42.7 Å². The summed E-state index contributed by atoms with van der Waals surface area (Å²) < 4.78 is 6.99. The SMILES string of the molecule is CCNC(=NCCCC(=O)OCC)NCCn1cccc1.I. The number of esters is 1. The van der Waals surface area contributed by atoms with E-state index in [1.54, 1.807) is 0 Å². The summed E-state index contributed by atoms with van der Waals surface area (Å²) in [6.07, 6.45) is 5.18. The predicted octanol–water partition coefficient (Wildman–Crippen LogP) is 2.00. The zero-order valence-electron chi connectivity index (χ0n) is 13.4. The van der Waals surface area contributed by atoms with Crippen LogP contribution < -0.4 is 10.6 Å². The van der Waals surface area contributed by atoms with Gasteiger partial charge in [0, 0.05) is 45.0 Å². The number of ether oxygens (including phenoxy) is 1. The van der Waals surface area contributed by atoms with Gasteiger partial charge in [0.15, 0.2) is 5.96 Å². The van der Waals surface area contributed by atoms with Crippen molar-refractivity contribution in [2.45, 2.75) is 33.2 Å². The molecule has 0 bridgehead atoms. The van der Waals surface area contributed by atoms with E-state index in [-0.39, 0.29) is 29.9 Å². The molecule has 0 aliphatic heterocycles. The molecule has 2 N–H and O–H groups in total. The van der Waals surface area contributed by atoms with Crippen LogP contribution in [0.5, 0.6) is 0 Å².